The maximum Gasteiger partial charge on any atom is 0.260 e. The van der Waals surface area contributed by atoms with Crippen molar-refractivity contribution in [3.8, 4) is 0 Å². The number of fused-ring (bicyclic) bond motifs is 1. The number of carbonyl (C=O) groups excluding carboxylic acids is 2. The van der Waals surface area contributed by atoms with E-state index in [1.807, 2.05) is 80.6 Å². The van der Waals surface area contributed by atoms with Crippen molar-refractivity contribution >= 4 is 34.8 Å². The molecule has 0 aromatic heterocycles. The van der Waals surface area contributed by atoms with Crippen LogP contribution < -0.4 is 10.2 Å². The Morgan fingerprint density at radius 3 is 2.31 bits per heavy atom. The summed E-state index contributed by atoms with van der Waals surface area (Å²) in [6.45, 7) is 3.95. The lowest BCUT2D eigenvalue weighted by Crippen LogP contribution is -2.35. The zero-order chi connectivity index (χ0) is 20.5. The van der Waals surface area contributed by atoms with Crippen LogP contribution in [0, 0.1) is 6.92 Å². The first-order chi connectivity index (χ1) is 14.0. The summed E-state index contributed by atoms with van der Waals surface area (Å²) in [6.07, 6.45) is 0.687. The molecule has 1 heterocycles. The lowest BCUT2D eigenvalue weighted by Gasteiger charge is -2.25. The predicted octanol–water partition coefficient (Wildman–Crippen LogP) is 5.55. The molecular weight excluding hydrogens is 384 g/mol. The Bertz CT molecular complexity index is 1080. The van der Waals surface area contributed by atoms with Gasteiger partial charge in [0.15, 0.2) is 0 Å². The molecule has 0 saturated heterocycles. The summed E-state index contributed by atoms with van der Waals surface area (Å²) in [5, 5.41) is 3.37. The molecule has 0 spiro atoms. The number of rotatable bonds is 4. The van der Waals surface area contributed by atoms with Crippen LogP contribution in [0.15, 0.2) is 66.7 Å². The van der Waals surface area contributed by atoms with Crippen molar-refractivity contribution in [3.63, 3.8) is 0 Å². The molecule has 29 heavy (non-hydrogen) atoms. The third-order valence-corrected chi connectivity index (χ3v) is 5.60. The van der Waals surface area contributed by atoms with Crippen LogP contribution in [0.4, 0.5) is 11.4 Å². The van der Waals surface area contributed by atoms with Crippen molar-refractivity contribution < 1.29 is 9.59 Å². The summed E-state index contributed by atoms with van der Waals surface area (Å²) in [6, 6.07) is 19.5. The Kier molecular flexibility index (Phi) is 5.12. The number of amides is 2. The number of para-hydroxylation sites is 2. The zero-order valence-electron chi connectivity index (χ0n) is 16.3. The van der Waals surface area contributed by atoms with Gasteiger partial charge in [0.05, 0.1) is 5.56 Å². The molecule has 0 bridgehead atoms. The molecule has 0 fully saturated rings. The number of anilines is 2. The lowest BCUT2D eigenvalue weighted by molar-refractivity contribution is -0.117. The molecular formula is C24H21ClN2O2. The molecule has 0 radical (unpaired) electrons. The highest BCUT2D eigenvalue weighted by Crippen LogP contribution is 2.44. The van der Waals surface area contributed by atoms with E-state index < -0.39 is 6.04 Å². The van der Waals surface area contributed by atoms with Crippen molar-refractivity contribution in [1.29, 1.82) is 0 Å². The van der Waals surface area contributed by atoms with Crippen molar-refractivity contribution in [3.05, 3.63) is 94.0 Å². The summed E-state index contributed by atoms with van der Waals surface area (Å²) in [4.78, 5) is 28.5. The fraction of sp³-hybridized carbons (Fsp3) is 0.167. The Morgan fingerprint density at radius 1 is 1.07 bits per heavy atom. The van der Waals surface area contributed by atoms with Crippen LogP contribution >= 0.6 is 11.6 Å². The van der Waals surface area contributed by atoms with Crippen LogP contribution in [0.3, 0.4) is 0 Å². The summed E-state index contributed by atoms with van der Waals surface area (Å²) in [5.74, 6) is -0.484. The number of hydrogen-bond acceptors (Lipinski definition) is 2. The van der Waals surface area contributed by atoms with Crippen LogP contribution in [0.2, 0.25) is 5.02 Å². The monoisotopic (exact) mass is 404 g/mol. The van der Waals surface area contributed by atoms with Crippen LogP contribution in [-0.4, -0.2) is 11.8 Å². The van der Waals surface area contributed by atoms with Gasteiger partial charge in [-0.15, -0.1) is 0 Å². The number of halogens is 1. The highest BCUT2D eigenvalue weighted by molar-refractivity contribution is 6.34. The van der Waals surface area contributed by atoms with Gasteiger partial charge in [-0.2, -0.15) is 0 Å². The summed E-state index contributed by atoms with van der Waals surface area (Å²) < 4.78 is 0. The van der Waals surface area contributed by atoms with Crippen LogP contribution in [0.1, 0.15) is 40.0 Å². The zero-order valence-corrected chi connectivity index (χ0v) is 17.0. The van der Waals surface area contributed by atoms with Crippen molar-refractivity contribution in [2.24, 2.45) is 0 Å². The number of carbonyl (C=O) groups is 2. The standard InChI is InChI=1S/C24H21ClN2O2/c1-3-18-15(2)14-19(25)21-20(18)24(29)27(17-12-8-5-9-13-17)22(21)23(28)26-16-10-6-4-7-11-16/h4-14,22H,3H2,1-2H3,(H,26,28). The number of hydrogen-bond donors (Lipinski definition) is 1. The van der Waals surface area contributed by atoms with Gasteiger partial charge in [0.25, 0.3) is 11.8 Å². The van der Waals surface area contributed by atoms with Crippen LogP contribution in [-0.2, 0) is 11.2 Å². The first-order valence-corrected chi connectivity index (χ1v) is 9.97. The summed E-state index contributed by atoms with van der Waals surface area (Å²) in [5.41, 5.74) is 4.36. The molecule has 1 N–H and O–H groups in total. The molecule has 4 nitrogen and oxygen atoms in total. The summed E-state index contributed by atoms with van der Waals surface area (Å²) >= 11 is 6.60. The van der Waals surface area contributed by atoms with Gasteiger partial charge >= 0.3 is 0 Å². The Balaban J connectivity index is 1.88. The van der Waals surface area contributed by atoms with E-state index in [-0.39, 0.29) is 11.8 Å². The van der Waals surface area contributed by atoms with Crippen LogP contribution in [0.5, 0.6) is 0 Å². The van der Waals surface area contributed by atoms with Crippen molar-refractivity contribution in [2.75, 3.05) is 10.2 Å². The SMILES string of the molecule is CCc1c(C)cc(Cl)c2c1C(=O)N(c1ccccc1)C2C(=O)Nc1ccccc1. The Morgan fingerprint density at radius 2 is 1.69 bits per heavy atom. The minimum absolute atomic E-state index is 0.193. The number of benzene rings is 3. The second-order valence-corrected chi connectivity index (χ2v) is 7.47. The van der Waals surface area contributed by atoms with Gasteiger partial charge in [-0.05, 0) is 54.8 Å². The molecule has 0 saturated carbocycles. The predicted molar refractivity (Wildman–Crippen MR) is 117 cm³/mol. The van der Waals surface area contributed by atoms with Gasteiger partial charge in [-0.25, -0.2) is 0 Å². The van der Waals surface area contributed by atoms with E-state index in [1.165, 1.54) is 0 Å². The molecule has 3 aromatic rings. The number of nitrogens with zero attached hydrogens (tertiary/aromatic N) is 1. The molecule has 146 valence electrons. The fourth-order valence-electron chi connectivity index (χ4n) is 4.00. The van der Waals surface area contributed by atoms with Gasteiger partial charge in [0, 0.05) is 22.0 Å². The van der Waals surface area contributed by atoms with E-state index in [9.17, 15) is 9.59 Å². The lowest BCUT2D eigenvalue weighted by atomic mass is 9.93. The second-order valence-electron chi connectivity index (χ2n) is 7.06. The molecule has 2 amide bonds. The van der Waals surface area contributed by atoms with E-state index in [0.29, 0.717) is 33.9 Å². The molecule has 1 aliphatic rings. The van der Waals surface area contributed by atoms with Crippen molar-refractivity contribution in [1.82, 2.24) is 0 Å². The van der Waals surface area contributed by atoms with E-state index >= 15 is 0 Å². The highest BCUT2D eigenvalue weighted by Gasteiger charge is 2.45. The molecule has 4 rings (SSSR count). The third-order valence-electron chi connectivity index (χ3n) is 5.29. The van der Waals surface area contributed by atoms with E-state index in [2.05, 4.69) is 5.32 Å². The third kappa shape index (κ3) is 3.30. The molecule has 1 atom stereocenters. The Hall–Kier alpha value is -3.11. The number of aryl methyl sites for hydroxylation is 1. The average molecular weight is 405 g/mol. The van der Waals surface area contributed by atoms with Gasteiger partial charge in [0.1, 0.15) is 6.04 Å². The molecule has 5 heteroatoms. The molecule has 0 aliphatic carbocycles. The molecule has 1 unspecified atom stereocenters. The average Bonchev–Trinajstić information content (AvgIpc) is 3.03. The topological polar surface area (TPSA) is 49.4 Å². The van der Waals surface area contributed by atoms with Crippen molar-refractivity contribution in [2.45, 2.75) is 26.3 Å². The quantitative estimate of drug-likeness (QED) is 0.619. The first-order valence-electron chi connectivity index (χ1n) is 9.59. The Labute approximate surface area is 175 Å². The minimum atomic E-state index is -0.835. The molecule has 3 aromatic carbocycles. The molecule has 1 aliphatic heterocycles. The maximum absolute atomic E-state index is 13.5. The van der Waals surface area contributed by atoms with E-state index in [1.54, 1.807) is 4.90 Å². The van der Waals surface area contributed by atoms with Gasteiger partial charge in [0.2, 0.25) is 0 Å². The maximum atomic E-state index is 13.5. The fourth-order valence-corrected chi connectivity index (χ4v) is 4.37. The van der Waals surface area contributed by atoms with Gasteiger partial charge < -0.3 is 5.32 Å². The van der Waals surface area contributed by atoms with Gasteiger partial charge in [-0.1, -0.05) is 54.9 Å². The normalized spacial score (nSPS) is 15.3. The number of nitrogens with one attached hydrogen (secondary N) is 1. The smallest absolute Gasteiger partial charge is 0.260 e. The largest absolute Gasteiger partial charge is 0.324 e. The van der Waals surface area contributed by atoms with Crippen LogP contribution in [0.25, 0.3) is 0 Å². The van der Waals surface area contributed by atoms with Gasteiger partial charge in [-0.3, -0.25) is 14.5 Å². The minimum Gasteiger partial charge on any atom is -0.324 e. The second kappa shape index (κ2) is 7.72. The first kappa shape index (κ1) is 19.2. The summed E-state index contributed by atoms with van der Waals surface area (Å²) in [7, 11) is 0. The van der Waals surface area contributed by atoms with E-state index in [4.69, 9.17) is 11.6 Å². The highest BCUT2D eigenvalue weighted by atomic mass is 35.5. The van der Waals surface area contributed by atoms with E-state index in [0.717, 1.165) is 11.1 Å².